The molecule has 25 heavy (non-hydrogen) atoms. The zero-order chi connectivity index (χ0) is 18.1. The lowest BCUT2D eigenvalue weighted by molar-refractivity contribution is -0.136. The van der Waals surface area contributed by atoms with Gasteiger partial charge in [-0.3, -0.25) is 9.69 Å². The molecule has 0 saturated carbocycles. The van der Waals surface area contributed by atoms with E-state index in [1.807, 2.05) is 38.1 Å². The molecule has 1 heterocycles. The standard InChI is InChI=1S/C20H32N2O3/c1-4-12-20(2,24-3)19(23)21-17-8-10-18(11-9-17)25-16-15-22-13-6-5-7-14-22/h8-11H,4-7,12-16H2,1-3H3,(H,21,23)/t20-/m0/s1. The molecule has 1 aromatic rings. The van der Waals surface area contributed by atoms with Crippen LogP contribution in [0, 0.1) is 0 Å². The van der Waals surface area contributed by atoms with Gasteiger partial charge < -0.3 is 14.8 Å². The van der Waals surface area contributed by atoms with Crippen molar-refractivity contribution < 1.29 is 14.3 Å². The van der Waals surface area contributed by atoms with Gasteiger partial charge in [0.15, 0.2) is 0 Å². The Bertz CT molecular complexity index is 526. The third kappa shape index (κ3) is 6.01. The Hall–Kier alpha value is -1.59. The number of methoxy groups -OCH3 is 1. The van der Waals surface area contributed by atoms with Crippen molar-refractivity contribution in [1.82, 2.24) is 4.90 Å². The number of piperidine rings is 1. The van der Waals surface area contributed by atoms with E-state index in [9.17, 15) is 4.79 Å². The predicted molar refractivity (Wildman–Crippen MR) is 101 cm³/mol. The van der Waals surface area contributed by atoms with Crippen molar-refractivity contribution in [3.05, 3.63) is 24.3 Å². The van der Waals surface area contributed by atoms with Gasteiger partial charge in [-0.15, -0.1) is 0 Å². The maximum absolute atomic E-state index is 12.4. The number of nitrogens with zero attached hydrogens (tertiary/aromatic N) is 1. The van der Waals surface area contributed by atoms with Gasteiger partial charge in [0, 0.05) is 19.3 Å². The van der Waals surface area contributed by atoms with E-state index in [-0.39, 0.29) is 5.91 Å². The summed E-state index contributed by atoms with van der Waals surface area (Å²) in [6.45, 7) is 7.91. The lowest BCUT2D eigenvalue weighted by atomic mass is 9.99. The maximum Gasteiger partial charge on any atom is 0.256 e. The summed E-state index contributed by atoms with van der Waals surface area (Å²) in [6.07, 6.45) is 5.53. The Balaban J connectivity index is 1.79. The first-order valence-electron chi connectivity index (χ1n) is 9.39. The summed E-state index contributed by atoms with van der Waals surface area (Å²) in [5, 5.41) is 2.93. The molecule has 5 nitrogen and oxygen atoms in total. The molecular formula is C20H32N2O3. The first kappa shape index (κ1) is 19.7. The molecule has 1 fully saturated rings. The summed E-state index contributed by atoms with van der Waals surface area (Å²) in [5.74, 6) is 0.716. The van der Waals surface area contributed by atoms with Crippen molar-refractivity contribution in [2.24, 2.45) is 0 Å². The second-order valence-electron chi connectivity index (χ2n) is 6.91. The van der Waals surface area contributed by atoms with Crippen molar-refractivity contribution in [2.75, 3.05) is 38.7 Å². The molecule has 1 saturated heterocycles. The Morgan fingerprint density at radius 3 is 2.48 bits per heavy atom. The van der Waals surface area contributed by atoms with Crippen molar-refractivity contribution in [2.45, 2.75) is 51.6 Å². The zero-order valence-electron chi connectivity index (χ0n) is 15.8. The Morgan fingerprint density at radius 1 is 1.20 bits per heavy atom. The molecule has 1 aromatic carbocycles. The van der Waals surface area contributed by atoms with Gasteiger partial charge in [0.05, 0.1) is 0 Å². The van der Waals surface area contributed by atoms with Crippen molar-refractivity contribution in [1.29, 1.82) is 0 Å². The minimum absolute atomic E-state index is 0.115. The fourth-order valence-electron chi connectivity index (χ4n) is 3.16. The number of nitrogens with one attached hydrogen (secondary N) is 1. The molecule has 5 heteroatoms. The lowest BCUT2D eigenvalue weighted by Crippen LogP contribution is -2.41. The molecule has 140 valence electrons. The zero-order valence-corrected chi connectivity index (χ0v) is 15.8. The number of carbonyl (C=O) groups excluding carboxylic acids is 1. The van der Waals surface area contributed by atoms with Gasteiger partial charge in [0.2, 0.25) is 0 Å². The van der Waals surface area contributed by atoms with E-state index < -0.39 is 5.60 Å². The smallest absolute Gasteiger partial charge is 0.256 e. The second kappa shape index (κ2) is 9.78. The van der Waals surface area contributed by atoms with Crippen LogP contribution in [0.1, 0.15) is 46.0 Å². The molecule has 1 aliphatic rings. The van der Waals surface area contributed by atoms with Crippen LogP contribution in [0.4, 0.5) is 5.69 Å². The van der Waals surface area contributed by atoms with Crippen LogP contribution in [0.15, 0.2) is 24.3 Å². The monoisotopic (exact) mass is 348 g/mol. The average Bonchev–Trinajstić information content (AvgIpc) is 2.64. The van der Waals surface area contributed by atoms with Crippen LogP contribution in [-0.4, -0.2) is 49.8 Å². The Labute approximate surface area is 151 Å². The van der Waals surface area contributed by atoms with Crippen LogP contribution in [-0.2, 0) is 9.53 Å². The summed E-state index contributed by atoms with van der Waals surface area (Å²) < 4.78 is 11.2. The van der Waals surface area contributed by atoms with Crippen LogP contribution in [0.2, 0.25) is 0 Å². The fraction of sp³-hybridized carbons (Fsp3) is 0.650. The van der Waals surface area contributed by atoms with Crippen molar-refractivity contribution in [3.8, 4) is 5.75 Å². The highest BCUT2D eigenvalue weighted by Gasteiger charge is 2.32. The van der Waals surface area contributed by atoms with Crippen LogP contribution >= 0.6 is 0 Å². The van der Waals surface area contributed by atoms with Gasteiger partial charge in [0.1, 0.15) is 18.0 Å². The molecule has 0 radical (unpaired) electrons. The first-order chi connectivity index (χ1) is 12.1. The maximum atomic E-state index is 12.4. The highest BCUT2D eigenvalue weighted by Crippen LogP contribution is 2.21. The molecule has 0 unspecified atom stereocenters. The largest absolute Gasteiger partial charge is 0.492 e. The summed E-state index contributed by atoms with van der Waals surface area (Å²) in [5.41, 5.74) is -0.0361. The van der Waals surface area contributed by atoms with Gasteiger partial charge in [-0.2, -0.15) is 0 Å². The highest BCUT2D eigenvalue weighted by atomic mass is 16.5. The van der Waals surface area contributed by atoms with Crippen LogP contribution < -0.4 is 10.1 Å². The number of rotatable bonds is 9. The van der Waals surface area contributed by atoms with E-state index in [2.05, 4.69) is 10.2 Å². The van der Waals surface area contributed by atoms with Gasteiger partial charge in [-0.25, -0.2) is 0 Å². The van der Waals surface area contributed by atoms with Crippen LogP contribution in [0.5, 0.6) is 5.75 Å². The second-order valence-corrected chi connectivity index (χ2v) is 6.91. The lowest BCUT2D eigenvalue weighted by Gasteiger charge is -2.26. The summed E-state index contributed by atoms with van der Waals surface area (Å²) >= 11 is 0. The Morgan fingerprint density at radius 2 is 1.88 bits per heavy atom. The average molecular weight is 348 g/mol. The number of hydrogen-bond donors (Lipinski definition) is 1. The van der Waals surface area contributed by atoms with E-state index in [4.69, 9.17) is 9.47 Å². The van der Waals surface area contributed by atoms with Crippen LogP contribution in [0.3, 0.4) is 0 Å². The van der Waals surface area contributed by atoms with Crippen molar-refractivity contribution >= 4 is 11.6 Å². The number of hydrogen-bond acceptors (Lipinski definition) is 4. The van der Waals surface area contributed by atoms with E-state index in [1.165, 1.54) is 32.4 Å². The molecular weight excluding hydrogens is 316 g/mol. The molecule has 1 atom stereocenters. The fourth-order valence-corrected chi connectivity index (χ4v) is 3.16. The number of ether oxygens (including phenoxy) is 2. The van der Waals surface area contributed by atoms with E-state index in [0.29, 0.717) is 13.0 Å². The minimum atomic E-state index is -0.793. The molecule has 0 aromatic heterocycles. The van der Waals surface area contributed by atoms with Gasteiger partial charge in [-0.05, 0) is 63.5 Å². The quantitative estimate of drug-likeness (QED) is 0.739. The third-order valence-corrected chi connectivity index (χ3v) is 4.90. The number of carbonyl (C=O) groups is 1. The number of benzene rings is 1. The molecule has 1 amide bonds. The molecule has 0 bridgehead atoms. The summed E-state index contributed by atoms with van der Waals surface area (Å²) in [7, 11) is 1.58. The predicted octanol–water partition coefficient (Wildman–Crippen LogP) is 3.70. The Kier molecular flexibility index (Phi) is 7.72. The molecule has 0 aliphatic carbocycles. The first-order valence-corrected chi connectivity index (χ1v) is 9.39. The van der Waals surface area contributed by atoms with Gasteiger partial charge in [0.25, 0.3) is 5.91 Å². The highest BCUT2D eigenvalue weighted by molar-refractivity contribution is 5.97. The number of amides is 1. The summed E-state index contributed by atoms with van der Waals surface area (Å²) in [4.78, 5) is 14.9. The molecule has 2 rings (SSSR count). The molecule has 0 spiro atoms. The molecule has 1 aliphatic heterocycles. The van der Waals surface area contributed by atoms with E-state index in [0.717, 1.165) is 24.4 Å². The van der Waals surface area contributed by atoms with Crippen LogP contribution in [0.25, 0.3) is 0 Å². The van der Waals surface area contributed by atoms with E-state index in [1.54, 1.807) is 7.11 Å². The number of likely N-dealkylation sites (tertiary alicyclic amines) is 1. The normalized spacial score (nSPS) is 17.7. The SMILES string of the molecule is CCC[C@](C)(OC)C(=O)Nc1ccc(OCCN2CCCCC2)cc1. The van der Waals surface area contributed by atoms with Gasteiger partial charge >= 0.3 is 0 Å². The molecule has 1 N–H and O–H groups in total. The minimum Gasteiger partial charge on any atom is -0.492 e. The van der Waals surface area contributed by atoms with Crippen molar-refractivity contribution in [3.63, 3.8) is 0 Å². The number of anilines is 1. The summed E-state index contributed by atoms with van der Waals surface area (Å²) in [6, 6.07) is 7.54. The van der Waals surface area contributed by atoms with E-state index >= 15 is 0 Å². The topological polar surface area (TPSA) is 50.8 Å². The van der Waals surface area contributed by atoms with Gasteiger partial charge in [-0.1, -0.05) is 19.8 Å². The third-order valence-electron chi connectivity index (χ3n) is 4.90.